The number of hydrogen-bond donors (Lipinski definition) is 3. The van der Waals surface area contributed by atoms with Crippen molar-refractivity contribution in [3.63, 3.8) is 0 Å². The predicted octanol–water partition coefficient (Wildman–Crippen LogP) is 5.91. The van der Waals surface area contributed by atoms with E-state index in [-0.39, 0.29) is 23.5 Å². The summed E-state index contributed by atoms with van der Waals surface area (Å²) in [4.78, 5) is 12.4. The first kappa shape index (κ1) is 23.9. The molecule has 0 saturated heterocycles. The number of amides is 2. The number of nitrogens with zero attached hydrogens (tertiary/aromatic N) is 1. The second-order valence-electron chi connectivity index (χ2n) is 8.28. The Balaban J connectivity index is 2.27. The summed E-state index contributed by atoms with van der Waals surface area (Å²) < 4.78 is 37.8. The van der Waals surface area contributed by atoms with Gasteiger partial charge in [-0.25, -0.2) is 9.18 Å². The van der Waals surface area contributed by atoms with E-state index in [1.54, 1.807) is 20.8 Å². The molecule has 1 aromatic heterocycles. The van der Waals surface area contributed by atoms with Crippen LogP contribution in [0.1, 0.15) is 75.8 Å². The van der Waals surface area contributed by atoms with Crippen molar-refractivity contribution in [2.45, 2.75) is 65.9 Å². The maximum atomic E-state index is 14.0. The van der Waals surface area contributed by atoms with Crippen LogP contribution in [-0.2, 0) is 20.6 Å². The molecule has 0 unspecified atom stereocenters. The molecule has 0 aliphatic carbocycles. The van der Waals surface area contributed by atoms with Gasteiger partial charge in [0.25, 0.3) is 0 Å². The van der Waals surface area contributed by atoms with Gasteiger partial charge < -0.3 is 23.8 Å². The number of halogens is 1. The van der Waals surface area contributed by atoms with E-state index < -0.39 is 22.4 Å². The lowest BCUT2D eigenvalue weighted by atomic mass is 9.92. The number of carbonyl (C=O) groups is 1. The van der Waals surface area contributed by atoms with Crippen LogP contribution in [0.4, 0.5) is 20.8 Å². The molecule has 0 aliphatic rings. The topological polar surface area (TPSA) is 104 Å². The first-order valence-corrected chi connectivity index (χ1v) is 10.8. The van der Waals surface area contributed by atoms with Gasteiger partial charge in [0.1, 0.15) is 11.6 Å². The highest BCUT2D eigenvalue weighted by Gasteiger charge is 2.22. The number of rotatable bonds is 6. The summed E-state index contributed by atoms with van der Waals surface area (Å²) in [7, 11) is -2.12. The monoisotopic (exact) mass is 438 g/mol. The minimum atomic E-state index is -2.12. The third kappa shape index (κ3) is 5.82. The molecule has 0 spiro atoms. The highest BCUT2D eigenvalue weighted by atomic mass is 32.2. The molecular formula is C21H29FN3O4S-. The minimum Gasteiger partial charge on any atom is -0.447 e. The summed E-state index contributed by atoms with van der Waals surface area (Å²) in [6.07, 6.45) is 0. The molecule has 3 N–H and O–H groups in total. The third-order valence-electron chi connectivity index (χ3n) is 4.57. The number of urea groups is 1. The van der Waals surface area contributed by atoms with Crippen molar-refractivity contribution >= 4 is 28.4 Å². The van der Waals surface area contributed by atoms with Gasteiger partial charge in [-0.2, -0.15) is 0 Å². The van der Waals surface area contributed by atoms with Gasteiger partial charge in [-0.05, 0) is 55.9 Å². The standard InChI is InChI=1S/C21H29FN3O4S/c1-11(2)15-8-14(22)9-16(12(3)4)19(15)23-20(26)25-30(28)24-18-10-17(13(5)29-18)21(6,7)27/h8-12,27H,1-7H3,(H2,23,24,25,26,28)/q-1. The van der Waals surface area contributed by atoms with E-state index >= 15 is 0 Å². The van der Waals surface area contributed by atoms with Crippen LogP contribution < -0.4 is 10.0 Å². The molecule has 0 radical (unpaired) electrons. The van der Waals surface area contributed by atoms with Crippen molar-refractivity contribution in [2.75, 3.05) is 10.0 Å². The van der Waals surface area contributed by atoms with Gasteiger partial charge in [0.15, 0.2) is 5.88 Å². The van der Waals surface area contributed by atoms with Crippen molar-refractivity contribution in [2.24, 2.45) is 4.36 Å². The molecular weight excluding hydrogens is 409 g/mol. The van der Waals surface area contributed by atoms with Crippen molar-refractivity contribution in [1.82, 2.24) is 0 Å². The molecule has 0 aliphatic heterocycles. The zero-order valence-corrected chi connectivity index (χ0v) is 19.1. The summed E-state index contributed by atoms with van der Waals surface area (Å²) in [6, 6.07) is 3.44. The van der Waals surface area contributed by atoms with Crippen LogP contribution in [0, 0.1) is 12.7 Å². The number of aliphatic hydroxyl groups is 1. The summed E-state index contributed by atoms with van der Waals surface area (Å²) in [5.41, 5.74) is 1.15. The van der Waals surface area contributed by atoms with Crippen LogP contribution in [0.5, 0.6) is 0 Å². The average molecular weight is 439 g/mol. The van der Waals surface area contributed by atoms with Crippen LogP contribution in [0.25, 0.3) is 0 Å². The lowest BCUT2D eigenvalue weighted by molar-refractivity contribution is 0.0770. The smallest absolute Gasteiger partial charge is 0.323 e. The fraction of sp³-hybridized carbons (Fsp3) is 0.476. The number of anilines is 2. The number of aryl methyl sites for hydroxylation is 1. The molecule has 2 amide bonds. The van der Waals surface area contributed by atoms with E-state index in [1.807, 2.05) is 27.7 Å². The number of benzene rings is 1. The van der Waals surface area contributed by atoms with Crippen LogP contribution in [-0.4, -0.2) is 11.1 Å². The molecule has 0 bridgehead atoms. The maximum absolute atomic E-state index is 14.0. The van der Waals surface area contributed by atoms with Crippen LogP contribution in [0.15, 0.2) is 27.0 Å². The Labute approximate surface area is 178 Å². The first-order valence-electron chi connectivity index (χ1n) is 9.67. The molecule has 1 heterocycles. The Hall–Kier alpha value is -2.39. The van der Waals surface area contributed by atoms with E-state index in [0.717, 1.165) is 0 Å². The van der Waals surface area contributed by atoms with Crippen LogP contribution >= 0.6 is 0 Å². The highest BCUT2D eigenvalue weighted by molar-refractivity contribution is 7.76. The van der Waals surface area contributed by atoms with Crippen molar-refractivity contribution < 1.29 is 22.9 Å². The van der Waals surface area contributed by atoms with E-state index in [9.17, 15) is 18.5 Å². The van der Waals surface area contributed by atoms with Gasteiger partial charge in [-0.15, -0.1) is 0 Å². The van der Waals surface area contributed by atoms with E-state index in [0.29, 0.717) is 28.1 Å². The fourth-order valence-electron chi connectivity index (χ4n) is 3.16. The van der Waals surface area contributed by atoms with Gasteiger partial charge >= 0.3 is 6.03 Å². The summed E-state index contributed by atoms with van der Waals surface area (Å²) in [5.74, 6) is 0.123. The predicted molar refractivity (Wildman–Crippen MR) is 116 cm³/mol. The zero-order valence-electron chi connectivity index (χ0n) is 18.3. The number of nitrogens with one attached hydrogen (secondary N) is 2. The molecule has 0 saturated carbocycles. The van der Waals surface area contributed by atoms with Crippen molar-refractivity contribution in [3.8, 4) is 0 Å². The Morgan fingerprint density at radius 1 is 1.17 bits per heavy atom. The van der Waals surface area contributed by atoms with E-state index in [2.05, 4.69) is 14.4 Å². The zero-order chi connectivity index (χ0) is 22.8. The molecule has 1 aromatic carbocycles. The second kappa shape index (κ2) is 9.18. The van der Waals surface area contributed by atoms with Gasteiger partial charge in [0, 0.05) is 17.3 Å². The Morgan fingerprint density at radius 3 is 2.13 bits per heavy atom. The summed E-state index contributed by atoms with van der Waals surface area (Å²) >= 11 is 0. The number of furan rings is 1. The van der Waals surface area contributed by atoms with Crippen molar-refractivity contribution in [3.05, 3.63) is 46.5 Å². The fourth-order valence-corrected chi connectivity index (χ4v) is 3.67. The minimum absolute atomic E-state index is 0.0385. The molecule has 166 valence electrons. The Kier molecular flexibility index (Phi) is 7.31. The SMILES string of the molecule is Cc1oc(N[S-](=O)=NC(=O)Nc2c(C(C)C)cc(F)cc2C(C)C)cc1C(C)(C)O. The lowest BCUT2D eigenvalue weighted by Gasteiger charge is -2.20. The summed E-state index contributed by atoms with van der Waals surface area (Å²) in [6.45, 7) is 12.4. The van der Waals surface area contributed by atoms with Gasteiger partial charge in [-0.3, -0.25) is 4.36 Å². The van der Waals surface area contributed by atoms with E-state index in [4.69, 9.17) is 4.42 Å². The largest absolute Gasteiger partial charge is 0.447 e. The van der Waals surface area contributed by atoms with Crippen molar-refractivity contribution in [1.29, 1.82) is 0 Å². The molecule has 30 heavy (non-hydrogen) atoms. The quantitative estimate of drug-likeness (QED) is 0.488. The van der Waals surface area contributed by atoms with E-state index in [1.165, 1.54) is 18.2 Å². The molecule has 9 heteroatoms. The second-order valence-corrected chi connectivity index (χ2v) is 9.17. The Morgan fingerprint density at radius 2 is 1.70 bits per heavy atom. The van der Waals surface area contributed by atoms with Gasteiger partial charge in [0.05, 0.1) is 5.60 Å². The lowest BCUT2D eigenvalue weighted by Crippen LogP contribution is -2.15. The molecule has 0 atom stereocenters. The summed E-state index contributed by atoms with van der Waals surface area (Å²) in [5, 5.41) is 12.8. The van der Waals surface area contributed by atoms with Gasteiger partial charge in [-0.1, -0.05) is 38.5 Å². The Bertz CT molecular complexity index is 987. The molecule has 7 nitrogen and oxygen atoms in total. The third-order valence-corrected chi connectivity index (χ3v) is 5.28. The highest BCUT2D eigenvalue weighted by Crippen LogP contribution is 2.34. The van der Waals surface area contributed by atoms with Gasteiger partial charge in [0.2, 0.25) is 0 Å². The normalized spacial score (nSPS) is 13.2. The molecule has 2 rings (SSSR count). The maximum Gasteiger partial charge on any atom is 0.323 e. The number of carbonyl (C=O) groups excluding carboxylic acids is 1. The molecule has 2 aromatic rings. The van der Waals surface area contributed by atoms with Crippen LogP contribution in [0.2, 0.25) is 0 Å². The average Bonchev–Trinajstić information content (AvgIpc) is 2.95. The number of hydrogen-bond acceptors (Lipinski definition) is 5. The molecule has 0 fully saturated rings. The van der Waals surface area contributed by atoms with Crippen LogP contribution in [0.3, 0.4) is 0 Å². The first-order chi connectivity index (χ1) is 13.8.